The number of benzene rings is 1. The highest BCUT2D eigenvalue weighted by Gasteiger charge is 2.28. The molecule has 1 aliphatic heterocycles. The Morgan fingerprint density at radius 3 is 2.48 bits per heavy atom. The summed E-state index contributed by atoms with van der Waals surface area (Å²) in [5.74, 6) is 0.370. The zero-order chi connectivity index (χ0) is 15.5. The fourth-order valence-corrected chi connectivity index (χ4v) is 5.41. The second-order valence-corrected chi connectivity index (χ2v) is 8.41. The van der Waals surface area contributed by atoms with Crippen molar-refractivity contribution < 1.29 is 22.7 Å². The van der Waals surface area contributed by atoms with Crippen LogP contribution in [0.15, 0.2) is 24.3 Å². The maximum atomic E-state index is 11.7. The first-order chi connectivity index (χ1) is 9.85. The summed E-state index contributed by atoms with van der Waals surface area (Å²) in [6.07, 6.45) is 0.591. The molecule has 0 unspecified atom stereocenters. The third-order valence-electron chi connectivity index (χ3n) is 3.12. The van der Waals surface area contributed by atoms with Crippen LogP contribution in [0.25, 0.3) is 0 Å². The lowest BCUT2D eigenvalue weighted by Crippen LogP contribution is -2.15. The van der Waals surface area contributed by atoms with Crippen LogP contribution in [0.1, 0.15) is 23.7 Å². The topological polar surface area (TPSA) is 77.5 Å². The molecule has 1 saturated heterocycles. The van der Waals surface area contributed by atoms with Gasteiger partial charge in [-0.15, -0.1) is 11.8 Å². The Bertz CT molecular complexity index is 634. The second-order valence-electron chi connectivity index (χ2n) is 4.89. The highest BCUT2D eigenvalue weighted by atomic mass is 32.2. The molecule has 0 spiro atoms. The van der Waals surface area contributed by atoms with Gasteiger partial charge in [0.05, 0.1) is 17.3 Å². The Labute approximate surface area is 128 Å². The van der Waals surface area contributed by atoms with Crippen molar-refractivity contribution in [3.63, 3.8) is 0 Å². The maximum absolute atomic E-state index is 11.7. The number of carbonyl (C=O) groups excluding carboxylic acids is 2. The molecule has 0 saturated carbocycles. The zero-order valence-corrected chi connectivity index (χ0v) is 13.2. The Kier molecular flexibility index (Phi) is 5.05. The number of carbonyl (C=O) groups is 2. The number of thioether (sulfide) groups is 1. The van der Waals surface area contributed by atoms with Crippen molar-refractivity contribution >= 4 is 33.4 Å². The Morgan fingerprint density at radius 1 is 1.29 bits per heavy atom. The standard InChI is InChI=1S/C14H16O5S2/c1-10(15)11-2-4-12(5-3-11)19-14(16)8-20-13-6-7-21(17,18)9-13/h2-5,13H,6-9H2,1H3/t13-/m1/s1. The lowest BCUT2D eigenvalue weighted by atomic mass is 10.1. The lowest BCUT2D eigenvalue weighted by molar-refractivity contribution is -0.131. The van der Waals surface area contributed by atoms with Crippen LogP contribution in [0, 0.1) is 0 Å². The Balaban J connectivity index is 1.81. The number of hydrogen-bond acceptors (Lipinski definition) is 6. The number of Topliss-reactive ketones (excluding diaryl/α,β-unsaturated/α-hetero) is 1. The van der Waals surface area contributed by atoms with Crippen molar-refractivity contribution in [3.8, 4) is 5.75 Å². The molecule has 1 fully saturated rings. The zero-order valence-electron chi connectivity index (χ0n) is 11.6. The molecule has 0 amide bonds. The van der Waals surface area contributed by atoms with E-state index in [1.807, 2.05) is 0 Å². The fraction of sp³-hybridized carbons (Fsp3) is 0.429. The van der Waals surface area contributed by atoms with E-state index in [2.05, 4.69) is 0 Å². The van der Waals surface area contributed by atoms with E-state index in [1.165, 1.54) is 18.7 Å². The summed E-state index contributed by atoms with van der Waals surface area (Å²) < 4.78 is 27.8. The van der Waals surface area contributed by atoms with Crippen molar-refractivity contribution in [1.29, 1.82) is 0 Å². The van der Waals surface area contributed by atoms with Crippen molar-refractivity contribution in [3.05, 3.63) is 29.8 Å². The van der Waals surface area contributed by atoms with Gasteiger partial charge >= 0.3 is 5.97 Å². The molecule has 1 atom stereocenters. The molecule has 0 radical (unpaired) electrons. The minimum Gasteiger partial charge on any atom is -0.426 e. The molecule has 1 aliphatic rings. The van der Waals surface area contributed by atoms with Gasteiger partial charge in [-0.05, 0) is 37.6 Å². The van der Waals surface area contributed by atoms with Gasteiger partial charge < -0.3 is 4.74 Å². The van der Waals surface area contributed by atoms with Gasteiger partial charge in [-0.3, -0.25) is 9.59 Å². The number of esters is 1. The number of hydrogen-bond donors (Lipinski definition) is 0. The summed E-state index contributed by atoms with van der Waals surface area (Å²) in [7, 11) is -2.92. The predicted octanol–water partition coefficient (Wildman–Crippen LogP) is 1.71. The van der Waals surface area contributed by atoms with Crippen LogP contribution in [-0.2, 0) is 14.6 Å². The van der Waals surface area contributed by atoms with E-state index in [-0.39, 0.29) is 28.3 Å². The normalized spacial score (nSPS) is 20.1. The molecule has 1 aromatic carbocycles. The Morgan fingerprint density at radius 2 is 1.95 bits per heavy atom. The monoisotopic (exact) mass is 328 g/mol. The molecule has 0 N–H and O–H groups in total. The molecule has 5 nitrogen and oxygen atoms in total. The molecule has 1 heterocycles. The van der Waals surface area contributed by atoms with Crippen LogP contribution < -0.4 is 4.74 Å². The van der Waals surface area contributed by atoms with Crippen LogP contribution in [0.4, 0.5) is 0 Å². The smallest absolute Gasteiger partial charge is 0.321 e. The Hall–Kier alpha value is -1.34. The molecule has 0 aliphatic carbocycles. The van der Waals surface area contributed by atoms with Gasteiger partial charge in [0.25, 0.3) is 0 Å². The average Bonchev–Trinajstić information content (AvgIpc) is 2.77. The van der Waals surface area contributed by atoms with Gasteiger partial charge in [0.15, 0.2) is 15.6 Å². The summed E-state index contributed by atoms with van der Waals surface area (Å²) in [4.78, 5) is 22.8. The van der Waals surface area contributed by atoms with E-state index < -0.39 is 15.8 Å². The summed E-state index contributed by atoms with van der Waals surface area (Å²) in [6, 6.07) is 6.34. The van der Waals surface area contributed by atoms with Crippen LogP contribution in [0.3, 0.4) is 0 Å². The first-order valence-corrected chi connectivity index (χ1v) is 9.36. The van der Waals surface area contributed by atoms with E-state index in [0.29, 0.717) is 17.7 Å². The summed E-state index contributed by atoms with van der Waals surface area (Å²) in [5.41, 5.74) is 0.556. The van der Waals surface area contributed by atoms with Crippen molar-refractivity contribution in [2.75, 3.05) is 17.3 Å². The van der Waals surface area contributed by atoms with Crippen LogP contribution in [-0.4, -0.2) is 42.7 Å². The molecule has 1 aromatic rings. The van der Waals surface area contributed by atoms with E-state index in [0.717, 1.165) is 0 Å². The summed E-state index contributed by atoms with van der Waals surface area (Å²) >= 11 is 1.31. The second kappa shape index (κ2) is 6.62. The third kappa shape index (κ3) is 4.86. The van der Waals surface area contributed by atoms with Gasteiger partial charge in [0.1, 0.15) is 5.75 Å². The number of ketones is 1. The number of sulfone groups is 1. The van der Waals surface area contributed by atoms with Gasteiger partial charge in [0.2, 0.25) is 0 Å². The summed E-state index contributed by atoms with van der Waals surface area (Å²) in [6.45, 7) is 1.47. The van der Waals surface area contributed by atoms with E-state index in [1.54, 1.807) is 24.3 Å². The highest BCUT2D eigenvalue weighted by molar-refractivity contribution is 8.02. The minimum atomic E-state index is -2.92. The third-order valence-corrected chi connectivity index (χ3v) is 6.38. The number of rotatable bonds is 5. The van der Waals surface area contributed by atoms with Gasteiger partial charge in [-0.25, -0.2) is 8.42 Å². The predicted molar refractivity (Wildman–Crippen MR) is 81.6 cm³/mol. The molecule has 114 valence electrons. The summed E-state index contributed by atoms with van der Waals surface area (Å²) in [5, 5.41) is -0.0253. The minimum absolute atomic E-state index is 0.0253. The molecular formula is C14H16O5S2. The quantitative estimate of drug-likeness (QED) is 0.465. The van der Waals surface area contributed by atoms with E-state index >= 15 is 0 Å². The average molecular weight is 328 g/mol. The van der Waals surface area contributed by atoms with Gasteiger partial charge in [-0.1, -0.05) is 0 Å². The molecular weight excluding hydrogens is 312 g/mol. The van der Waals surface area contributed by atoms with Crippen molar-refractivity contribution in [1.82, 2.24) is 0 Å². The SMILES string of the molecule is CC(=O)c1ccc(OC(=O)CS[C@@H]2CCS(=O)(=O)C2)cc1. The van der Waals surface area contributed by atoms with Crippen molar-refractivity contribution in [2.24, 2.45) is 0 Å². The largest absolute Gasteiger partial charge is 0.426 e. The molecule has 2 rings (SSSR count). The van der Waals surface area contributed by atoms with E-state index in [9.17, 15) is 18.0 Å². The van der Waals surface area contributed by atoms with Crippen molar-refractivity contribution in [2.45, 2.75) is 18.6 Å². The van der Waals surface area contributed by atoms with Gasteiger partial charge in [-0.2, -0.15) is 0 Å². The van der Waals surface area contributed by atoms with E-state index in [4.69, 9.17) is 4.74 Å². The molecule has 7 heteroatoms. The lowest BCUT2D eigenvalue weighted by Gasteiger charge is -2.07. The van der Waals surface area contributed by atoms with Crippen LogP contribution in [0.2, 0.25) is 0 Å². The highest BCUT2D eigenvalue weighted by Crippen LogP contribution is 2.24. The molecule has 21 heavy (non-hydrogen) atoms. The van der Waals surface area contributed by atoms with Crippen LogP contribution >= 0.6 is 11.8 Å². The molecule has 0 aromatic heterocycles. The van der Waals surface area contributed by atoms with Crippen LogP contribution in [0.5, 0.6) is 5.75 Å². The van der Waals surface area contributed by atoms with Gasteiger partial charge in [0, 0.05) is 10.8 Å². The maximum Gasteiger partial charge on any atom is 0.321 e. The number of ether oxygens (including phenoxy) is 1. The fourth-order valence-electron chi connectivity index (χ4n) is 2.00. The first kappa shape index (κ1) is 16.0. The first-order valence-electron chi connectivity index (χ1n) is 6.49. The molecule has 0 bridgehead atoms.